The van der Waals surface area contributed by atoms with Gasteiger partial charge in [-0.05, 0) is 19.8 Å². The van der Waals surface area contributed by atoms with Gasteiger partial charge in [0.2, 0.25) is 5.25 Å². The van der Waals surface area contributed by atoms with Crippen LogP contribution in [0, 0.1) is 0 Å². The Hall–Kier alpha value is -0.790. The van der Waals surface area contributed by atoms with Gasteiger partial charge < -0.3 is 4.74 Å². The highest BCUT2D eigenvalue weighted by Crippen LogP contribution is 2.20. The van der Waals surface area contributed by atoms with Crippen LogP contribution in [-0.2, 0) is 24.4 Å². The molecule has 1 aliphatic rings. The molecule has 18 heavy (non-hydrogen) atoms. The molecule has 1 atom stereocenters. The standard InChI is InChI=1S/C11H18O6S/c1-8(12)11(18(14,15)16)10(13)7-17-9-5-3-2-4-6-9/h9,11H,2-7H2,1H3,(H,14,15,16). The number of carbonyl (C=O) groups is 2. The monoisotopic (exact) mass is 278 g/mol. The molecule has 1 N–H and O–H groups in total. The minimum atomic E-state index is -4.70. The Balaban J connectivity index is 2.54. The number of ether oxygens (including phenoxy) is 1. The van der Waals surface area contributed by atoms with E-state index in [0.717, 1.165) is 39.0 Å². The quantitative estimate of drug-likeness (QED) is 0.568. The highest BCUT2D eigenvalue weighted by atomic mass is 32.2. The van der Waals surface area contributed by atoms with Crippen molar-refractivity contribution in [2.24, 2.45) is 0 Å². The fourth-order valence-corrected chi connectivity index (χ4v) is 2.93. The summed E-state index contributed by atoms with van der Waals surface area (Å²) in [5, 5.41) is -2.01. The normalized spacial score (nSPS) is 19.4. The van der Waals surface area contributed by atoms with E-state index in [1.807, 2.05) is 0 Å². The zero-order chi connectivity index (χ0) is 13.8. The third kappa shape index (κ3) is 4.47. The molecule has 0 radical (unpaired) electrons. The van der Waals surface area contributed by atoms with E-state index >= 15 is 0 Å². The molecule has 0 aromatic carbocycles. The molecule has 0 aromatic rings. The van der Waals surface area contributed by atoms with Crippen LogP contribution in [0.25, 0.3) is 0 Å². The highest BCUT2D eigenvalue weighted by Gasteiger charge is 2.35. The minimum Gasteiger partial charge on any atom is -0.370 e. The molecule has 0 heterocycles. The number of carbonyl (C=O) groups excluding carboxylic acids is 2. The van der Waals surface area contributed by atoms with E-state index < -0.39 is 33.5 Å². The zero-order valence-corrected chi connectivity index (χ0v) is 11.1. The fourth-order valence-electron chi connectivity index (χ4n) is 2.11. The van der Waals surface area contributed by atoms with Crippen LogP contribution in [0.2, 0.25) is 0 Å². The molecule has 0 bridgehead atoms. The van der Waals surface area contributed by atoms with E-state index in [0.29, 0.717) is 0 Å². The molecule has 1 rings (SSSR count). The summed E-state index contributed by atoms with van der Waals surface area (Å²) in [4.78, 5) is 22.7. The van der Waals surface area contributed by atoms with E-state index in [9.17, 15) is 18.0 Å². The summed E-state index contributed by atoms with van der Waals surface area (Å²) < 4.78 is 36.0. The fraction of sp³-hybridized carbons (Fsp3) is 0.818. The first-order chi connectivity index (χ1) is 8.32. The van der Waals surface area contributed by atoms with E-state index in [1.165, 1.54) is 0 Å². The van der Waals surface area contributed by atoms with Crippen molar-refractivity contribution in [3.8, 4) is 0 Å². The summed E-state index contributed by atoms with van der Waals surface area (Å²) in [6, 6.07) is 0. The van der Waals surface area contributed by atoms with Gasteiger partial charge in [-0.3, -0.25) is 14.1 Å². The van der Waals surface area contributed by atoms with Crippen molar-refractivity contribution in [1.29, 1.82) is 0 Å². The van der Waals surface area contributed by atoms with Gasteiger partial charge in [-0.15, -0.1) is 0 Å². The molecule has 0 spiro atoms. The highest BCUT2D eigenvalue weighted by molar-refractivity contribution is 7.88. The topological polar surface area (TPSA) is 97.7 Å². The maximum atomic E-state index is 11.6. The predicted molar refractivity (Wildman–Crippen MR) is 63.8 cm³/mol. The molecule has 1 fully saturated rings. The number of ketones is 2. The van der Waals surface area contributed by atoms with Crippen LogP contribution in [0.4, 0.5) is 0 Å². The van der Waals surface area contributed by atoms with Gasteiger partial charge in [0.25, 0.3) is 10.1 Å². The van der Waals surface area contributed by atoms with Crippen LogP contribution in [0.3, 0.4) is 0 Å². The summed E-state index contributed by atoms with van der Waals surface area (Å²) in [6.07, 6.45) is 4.79. The molecule has 0 aliphatic heterocycles. The van der Waals surface area contributed by atoms with E-state index in [4.69, 9.17) is 9.29 Å². The van der Waals surface area contributed by atoms with Gasteiger partial charge in [-0.25, -0.2) is 0 Å². The van der Waals surface area contributed by atoms with Gasteiger partial charge in [0.05, 0.1) is 6.10 Å². The lowest BCUT2D eigenvalue weighted by Gasteiger charge is -2.22. The predicted octanol–water partition coefficient (Wildman–Crippen LogP) is 0.750. The van der Waals surface area contributed by atoms with Crippen LogP contribution in [0.5, 0.6) is 0 Å². The Bertz CT molecular complexity index is 407. The second-order valence-corrected chi connectivity index (χ2v) is 6.04. The molecule has 1 aliphatic carbocycles. The number of Topliss-reactive ketones (excluding diaryl/α,β-unsaturated/α-hetero) is 2. The average Bonchev–Trinajstić information content (AvgIpc) is 2.25. The molecular formula is C11H18O6S. The van der Waals surface area contributed by atoms with Crippen LogP contribution < -0.4 is 0 Å². The molecule has 0 saturated heterocycles. The Morgan fingerprint density at radius 2 is 1.83 bits per heavy atom. The number of hydrogen-bond donors (Lipinski definition) is 1. The van der Waals surface area contributed by atoms with Gasteiger partial charge in [0.15, 0.2) is 11.6 Å². The number of hydrogen-bond acceptors (Lipinski definition) is 5. The maximum absolute atomic E-state index is 11.6. The van der Waals surface area contributed by atoms with Crippen LogP contribution in [-0.4, -0.2) is 42.5 Å². The molecule has 1 saturated carbocycles. The van der Waals surface area contributed by atoms with Crippen molar-refractivity contribution >= 4 is 21.7 Å². The molecule has 0 amide bonds. The molecule has 1 unspecified atom stereocenters. The number of rotatable bonds is 6. The summed E-state index contributed by atoms with van der Waals surface area (Å²) in [5.41, 5.74) is 0. The van der Waals surface area contributed by atoms with Crippen LogP contribution in [0.15, 0.2) is 0 Å². The van der Waals surface area contributed by atoms with Crippen LogP contribution >= 0.6 is 0 Å². The lowest BCUT2D eigenvalue weighted by Crippen LogP contribution is -2.39. The van der Waals surface area contributed by atoms with Crippen molar-refractivity contribution in [1.82, 2.24) is 0 Å². The van der Waals surface area contributed by atoms with Gasteiger partial charge in [-0.1, -0.05) is 19.3 Å². The third-order valence-electron chi connectivity index (χ3n) is 2.97. The van der Waals surface area contributed by atoms with Crippen molar-refractivity contribution in [2.75, 3.05) is 6.61 Å². The smallest absolute Gasteiger partial charge is 0.282 e. The minimum absolute atomic E-state index is 0.0586. The molecular weight excluding hydrogens is 260 g/mol. The Morgan fingerprint density at radius 1 is 1.28 bits per heavy atom. The average molecular weight is 278 g/mol. The van der Waals surface area contributed by atoms with E-state index in [1.54, 1.807) is 0 Å². The summed E-state index contributed by atoms with van der Waals surface area (Å²) in [5.74, 6) is -1.80. The Morgan fingerprint density at radius 3 is 2.28 bits per heavy atom. The first-order valence-electron chi connectivity index (χ1n) is 5.93. The summed E-state index contributed by atoms with van der Waals surface area (Å²) in [6.45, 7) is 0.506. The molecule has 0 aromatic heterocycles. The molecule has 7 heteroatoms. The second kappa shape index (κ2) is 6.40. The lowest BCUT2D eigenvalue weighted by molar-refractivity contribution is -0.130. The zero-order valence-electron chi connectivity index (χ0n) is 10.3. The van der Waals surface area contributed by atoms with Crippen molar-refractivity contribution in [3.05, 3.63) is 0 Å². The maximum Gasteiger partial charge on any atom is 0.282 e. The Labute approximate surface area is 106 Å². The van der Waals surface area contributed by atoms with Crippen molar-refractivity contribution in [2.45, 2.75) is 50.4 Å². The summed E-state index contributed by atoms with van der Waals surface area (Å²) in [7, 11) is -4.70. The second-order valence-electron chi connectivity index (χ2n) is 4.54. The van der Waals surface area contributed by atoms with E-state index in [2.05, 4.69) is 0 Å². The van der Waals surface area contributed by atoms with E-state index in [-0.39, 0.29) is 6.10 Å². The van der Waals surface area contributed by atoms with Gasteiger partial charge in [0, 0.05) is 0 Å². The summed E-state index contributed by atoms with van der Waals surface area (Å²) >= 11 is 0. The SMILES string of the molecule is CC(=O)C(C(=O)COC1CCCCC1)S(=O)(=O)O. The van der Waals surface area contributed by atoms with Crippen LogP contribution in [0.1, 0.15) is 39.0 Å². The molecule has 6 nitrogen and oxygen atoms in total. The van der Waals surface area contributed by atoms with Crippen molar-refractivity contribution < 1.29 is 27.3 Å². The van der Waals surface area contributed by atoms with Gasteiger partial charge in [0.1, 0.15) is 6.61 Å². The Kier molecular flexibility index (Phi) is 5.43. The molecule has 104 valence electrons. The first kappa shape index (κ1) is 15.3. The third-order valence-corrected chi connectivity index (χ3v) is 4.16. The van der Waals surface area contributed by atoms with Gasteiger partial charge in [-0.2, -0.15) is 8.42 Å². The first-order valence-corrected chi connectivity index (χ1v) is 7.43. The van der Waals surface area contributed by atoms with Gasteiger partial charge >= 0.3 is 0 Å². The lowest BCUT2D eigenvalue weighted by atomic mass is 9.98. The largest absolute Gasteiger partial charge is 0.370 e. The van der Waals surface area contributed by atoms with Crippen molar-refractivity contribution in [3.63, 3.8) is 0 Å².